The number of ether oxygens (including phenoxy) is 5. The van der Waals surface area contributed by atoms with Crippen LogP contribution in [0.1, 0.15) is 143 Å². The van der Waals surface area contributed by atoms with Crippen molar-refractivity contribution in [1.82, 2.24) is 0 Å². The van der Waals surface area contributed by atoms with Crippen LogP contribution in [-0.2, 0) is 33.3 Å². The summed E-state index contributed by atoms with van der Waals surface area (Å²) >= 11 is 0. The smallest absolute Gasteiger partial charge is 0.331 e. The van der Waals surface area contributed by atoms with Gasteiger partial charge in [0.05, 0.1) is 34.9 Å². The summed E-state index contributed by atoms with van der Waals surface area (Å²) in [6, 6.07) is 0. The van der Waals surface area contributed by atoms with Crippen molar-refractivity contribution in [3.8, 4) is 0 Å². The van der Waals surface area contributed by atoms with Crippen molar-refractivity contribution in [3.63, 3.8) is 0 Å². The molecule has 13 unspecified atom stereocenters. The third-order valence-electron chi connectivity index (χ3n) is 15.0. The predicted molar refractivity (Wildman–Crippen MR) is 182 cm³/mol. The Labute approximate surface area is 293 Å². The number of rotatable bonds is 12. The number of aliphatic hydroxyl groups is 2. The van der Waals surface area contributed by atoms with E-state index in [-0.39, 0.29) is 48.1 Å². The standard InChI is InChI=1S/C40H62O9/c1-5-7-8-9-10-11-16-39(6-2)48-32-22-34(46-26(3)35(32)49-39)47-28-12-18-37(25-41)30-13-17-36(4)29(27-21-33(42)45-24-27)15-20-40(36,44)31(30)14-19-38(37,43)23-28/h21,25-26,28-32,34-35,43-44H,5-20,22-24H2,1-4H3. The van der Waals surface area contributed by atoms with E-state index in [0.29, 0.717) is 51.6 Å². The molecule has 4 aliphatic carbocycles. The molecule has 0 aromatic carbocycles. The molecular formula is C40H62O9. The second-order valence-corrected chi connectivity index (χ2v) is 17.3. The van der Waals surface area contributed by atoms with Gasteiger partial charge in [-0.2, -0.15) is 0 Å². The lowest BCUT2D eigenvalue weighted by Crippen LogP contribution is -2.69. The Bertz CT molecular complexity index is 1270. The lowest BCUT2D eigenvalue weighted by atomic mass is 9.41. The SMILES string of the molecule is CCCCCCCCC1(CC)OC2CC(OC3CCC4(C=O)C5CCC6(C)C(C7=CC(=O)OC7)CCC6(O)C5CCC4(O)C3)OC(C)C2O1. The summed E-state index contributed by atoms with van der Waals surface area (Å²) in [5.41, 5.74) is -2.46. The van der Waals surface area contributed by atoms with Crippen LogP contribution in [0.2, 0.25) is 0 Å². The van der Waals surface area contributed by atoms with Crippen LogP contribution < -0.4 is 0 Å². The van der Waals surface area contributed by atoms with E-state index in [9.17, 15) is 19.8 Å². The number of carbonyl (C=O) groups excluding carboxylic acids is 2. The van der Waals surface area contributed by atoms with Crippen molar-refractivity contribution in [2.45, 2.75) is 191 Å². The monoisotopic (exact) mass is 686 g/mol. The normalized spacial score (nSPS) is 49.0. The van der Waals surface area contributed by atoms with Crippen molar-refractivity contribution in [2.24, 2.45) is 28.6 Å². The fourth-order valence-electron chi connectivity index (χ4n) is 12.2. The van der Waals surface area contributed by atoms with Crippen LogP contribution in [0.25, 0.3) is 0 Å². The van der Waals surface area contributed by atoms with Crippen molar-refractivity contribution in [2.75, 3.05) is 6.61 Å². The molecule has 0 aromatic heterocycles. The highest BCUT2D eigenvalue weighted by molar-refractivity contribution is 5.85. The zero-order chi connectivity index (χ0) is 34.7. The van der Waals surface area contributed by atoms with Crippen LogP contribution in [0.4, 0.5) is 0 Å². The molecule has 7 rings (SSSR count). The first-order valence-electron chi connectivity index (χ1n) is 19.9. The highest BCUT2D eigenvalue weighted by Gasteiger charge is 2.71. The van der Waals surface area contributed by atoms with E-state index >= 15 is 0 Å². The molecule has 0 aromatic rings. The number of fused-ring (bicyclic) bond motifs is 6. The van der Waals surface area contributed by atoms with Crippen LogP contribution in [-0.4, -0.2) is 76.8 Å². The largest absolute Gasteiger partial charge is 0.458 e. The Balaban J connectivity index is 0.992. The van der Waals surface area contributed by atoms with Crippen LogP contribution in [0.3, 0.4) is 0 Å². The maximum absolute atomic E-state index is 13.3. The van der Waals surface area contributed by atoms with Gasteiger partial charge in [-0.05, 0) is 94.5 Å². The Morgan fingerprint density at radius 3 is 2.47 bits per heavy atom. The number of carbonyl (C=O) groups is 2. The van der Waals surface area contributed by atoms with E-state index < -0.39 is 34.1 Å². The first kappa shape index (κ1) is 36.0. The molecule has 3 heterocycles. The number of aldehydes is 1. The van der Waals surface area contributed by atoms with Gasteiger partial charge in [-0.25, -0.2) is 4.79 Å². The summed E-state index contributed by atoms with van der Waals surface area (Å²) in [4.78, 5) is 25.2. The third kappa shape index (κ3) is 5.89. The van der Waals surface area contributed by atoms with Gasteiger partial charge in [0, 0.05) is 30.8 Å². The Kier molecular flexibility index (Phi) is 9.97. The first-order valence-corrected chi connectivity index (χ1v) is 19.9. The quantitative estimate of drug-likeness (QED) is 0.100. The summed E-state index contributed by atoms with van der Waals surface area (Å²) in [7, 11) is 0. The average Bonchev–Trinajstić information content (AvgIpc) is 3.75. The Morgan fingerprint density at radius 1 is 0.959 bits per heavy atom. The molecular weight excluding hydrogens is 624 g/mol. The lowest BCUT2D eigenvalue weighted by molar-refractivity contribution is -0.278. The van der Waals surface area contributed by atoms with Crippen molar-refractivity contribution >= 4 is 12.3 Å². The van der Waals surface area contributed by atoms with Gasteiger partial charge in [0.1, 0.15) is 19.0 Å². The number of hydrogen-bond acceptors (Lipinski definition) is 9. The summed E-state index contributed by atoms with van der Waals surface area (Å²) in [6.45, 7) is 8.92. The summed E-state index contributed by atoms with van der Waals surface area (Å²) < 4.78 is 31.6. The molecule has 3 aliphatic heterocycles. The zero-order valence-corrected chi connectivity index (χ0v) is 30.5. The Hall–Kier alpha value is -1.36. The predicted octanol–water partition coefficient (Wildman–Crippen LogP) is 6.70. The van der Waals surface area contributed by atoms with E-state index in [1.807, 2.05) is 6.92 Å². The van der Waals surface area contributed by atoms with E-state index in [4.69, 9.17) is 23.7 Å². The minimum atomic E-state index is -1.19. The second-order valence-electron chi connectivity index (χ2n) is 17.3. The van der Waals surface area contributed by atoms with E-state index in [1.54, 1.807) is 6.08 Å². The zero-order valence-electron chi connectivity index (χ0n) is 30.5. The number of cyclic esters (lactones) is 1. The van der Waals surface area contributed by atoms with Crippen LogP contribution in [0.15, 0.2) is 11.6 Å². The Morgan fingerprint density at radius 2 is 1.73 bits per heavy atom. The summed E-state index contributed by atoms with van der Waals surface area (Å²) in [5, 5.41) is 25.0. The number of hydrogen-bond donors (Lipinski definition) is 2. The first-order chi connectivity index (χ1) is 23.5. The molecule has 49 heavy (non-hydrogen) atoms. The van der Waals surface area contributed by atoms with Gasteiger partial charge in [-0.1, -0.05) is 52.9 Å². The highest BCUT2D eigenvalue weighted by atomic mass is 16.8. The molecule has 0 spiro atoms. The molecule has 13 atom stereocenters. The second kappa shape index (κ2) is 13.6. The third-order valence-corrected chi connectivity index (χ3v) is 15.0. The van der Waals surface area contributed by atoms with Crippen molar-refractivity contribution in [3.05, 3.63) is 11.6 Å². The maximum Gasteiger partial charge on any atom is 0.331 e. The van der Waals surface area contributed by atoms with Crippen LogP contribution >= 0.6 is 0 Å². The number of esters is 1. The molecule has 6 fully saturated rings. The van der Waals surface area contributed by atoms with Crippen molar-refractivity contribution < 1.29 is 43.5 Å². The van der Waals surface area contributed by atoms with Crippen molar-refractivity contribution in [1.29, 1.82) is 0 Å². The lowest BCUT2D eigenvalue weighted by Gasteiger charge is -2.65. The van der Waals surface area contributed by atoms with Gasteiger partial charge >= 0.3 is 5.97 Å². The fraction of sp³-hybridized carbons (Fsp3) is 0.900. The summed E-state index contributed by atoms with van der Waals surface area (Å²) in [6.07, 6.45) is 17.0. The molecule has 276 valence electrons. The van der Waals surface area contributed by atoms with Gasteiger partial charge in [-0.15, -0.1) is 0 Å². The molecule has 0 bridgehead atoms. The molecule has 9 nitrogen and oxygen atoms in total. The van der Waals surface area contributed by atoms with Crippen LogP contribution in [0, 0.1) is 28.6 Å². The molecule has 2 N–H and O–H groups in total. The van der Waals surface area contributed by atoms with Gasteiger partial charge < -0.3 is 38.7 Å². The molecule has 4 saturated carbocycles. The fourth-order valence-corrected chi connectivity index (χ4v) is 12.2. The summed E-state index contributed by atoms with van der Waals surface area (Å²) in [5.74, 6) is -0.938. The van der Waals surface area contributed by atoms with Gasteiger partial charge in [0.15, 0.2) is 12.1 Å². The van der Waals surface area contributed by atoms with Crippen LogP contribution in [0.5, 0.6) is 0 Å². The van der Waals surface area contributed by atoms with E-state index in [1.165, 1.54) is 32.1 Å². The van der Waals surface area contributed by atoms with Gasteiger partial charge in [-0.3, -0.25) is 0 Å². The molecule has 2 saturated heterocycles. The van der Waals surface area contributed by atoms with E-state index in [0.717, 1.165) is 50.4 Å². The molecule has 0 radical (unpaired) electrons. The molecule has 0 amide bonds. The van der Waals surface area contributed by atoms with Gasteiger partial charge in [0.25, 0.3) is 0 Å². The highest BCUT2D eigenvalue weighted by Crippen LogP contribution is 2.70. The molecule has 9 heteroatoms. The maximum atomic E-state index is 13.3. The minimum absolute atomic E-state index is 0.0769. The molecule has 7 aliphatic rings. The average molecular weight is 687 g/mol. The topological polar surface area (TPSA) is 121 Å². The van der Waals surface area contributed by atoms with Gasteiger partial charge in [0.2, 0.25) is 0 Å². The van der Waals surface area contributed by atoms with E-state index in [2.05, 4.69) is 20.8 Å². The minimum Gasteiger partial charge on any atom is -0.458 e. The number of unbranched alkanes of at least 4 members (excludes halogenated alkanes) is 5.